The van der Waals surface area contributed by atoms with E-state index in [1.807, 2.05) is 18.0 Å². The molecule has 1 fully saturated rings. The maximum Gasteiger partial charge on any atom is 0.0960 e. The SMILES string of the molecule is CCN(CC)CCSc1ccc(CNC2CC2)cn1. The summed E-state index contributed by atoms with van der Waals surface area (Å²) in [7, 11) is 0. The predicted molar refractivity (Wildman–Crippen MR) is 82.6 cm³/mol. The Balaban J connectivity index is 1.68. The van der Waals surface area contributed by atoms with Crippen molar-refractivity contribution in [3.05, 3.63) is 23.9 Å². The Kier molecular flexibility index (Phi) is 6.14. The molecule has 0 atom stereocenters. The van der Waals surface area contributed by atoms with Gasteiger partial charge in [0.25, 0.3) is 0 Å². The quantitative estimate of drug-likeness (QED) is 0.704. The van der Waals surface area contributed by atoms with Gasteiger partial charge in [-0.2, -0.15) is 0 Å². The van der Waals surface area contributed by atoms with Gasteiger partial charge in [0.15, 0.2) is 0 Å². The van der Waals surface area contributed by atoms with Gasteiger partial charge in [-0.05, 0) is 37.6 Å². The van der Waals surface area contributed by atoms with Crippen molar-refractivity contribution in [1.82, 2.24) is 15.2 Å². The largest absolute Gasteiger partial charge is 0.310 e. The van der Waals surface area contributed by atoms with E-state index in [1.165, 1.54) is 18.4 Å². The van der Waals surface area contributed by atoms with E-state index in [1.54, 1.807) is 0 Å². The van der Waals surface area contributed by atoms with Crippen molar-refractivity contribution in [2.24, 2.45) is 0 Å². The first-order valence-corrected chi connectivity index (χ1v) is 8.33. The third-order valence-corrected chi connectivity index (χ3v) is 4.45. The Labute approximate surface area is 121 Å². The van der Waals surface area contributed by atoms with Gasteiger partial charge in [0.1, 0.15) is 0 Å². The van der Waals surface area contributed by atoms with E-state index in [2.05, 4.69) is 41.2 Å². The van der Waals surface area contributed by atoms with Crippen LogP contribution in [0.2, 0.25) is 0 Å². The van der Waals surface area contributed by atoms with Gasteiger partial charge in [-0.3, -0.25) is 0 Å². The van der Waals surface area contributed by atoms with Gasteiger partial charge in [-0.1, -0.05) is 19.9 Å². The van der Waals surface area contributed by atoms with Crippen molar-refractivity contribution >= 4 is 11.8 Å². The lowest BCUT2D eigenvalue weighted by Crippen LogP contribution is -2.25. The summed E-state index contributed by atoms with van der Waals surface area (Å²) in [6.45, 7) is 8.81. The summed E-state index contributed by atoms with van der Waals surface area (Å²) >= 11 is 1.85. The number of thioether (sulfide) groups is 1. The van der Waals surface area contributed by atoms with Crippen molar-refractivity contribution in [2.45, 2.75) is 44.3 Å². The summed E-state index contributed by atoms with van der Waals surface area (Å²) in [6, 6.07) is 5.11. The number of rotatable bonds is 9. The van der Waals surface area contributed by atoms with Crippen molar-refractivity contribution in [3.8, 4) is 0 Å². The number of nitrogens with one attached hydrogen (secondary N) is 1. The summed E-state index contributed by atoms with van der Waals surface area (Å²) in [6.07, 6.45) is 4.69. The van der Waals surface area contributed by atoms with Gasteiger partial charge in [-0.15, -0.1) is 11.8 Å². The van der Waals surface area contributed by atoms with E-state index < -0.39 is 0 Å². The van der Waals surface area contributed by atoms with Crippen LogP contribution in [0.3, 0.4) is 0 Å². The van der Waals surface area contributed by atoms with Crippen LogP contribution in [-0.2, 0) is 6.54 Å². The molecule has 1 N–H and O–H groups in total. The molecule has 0 radical (unpaired) electrons. The number of aromatic nitrogens is 1. The minimum atomic E-state index is 0.767. The minimum absolute atomic E-state index is 0.767. The topological polar surface area (TPSA) is 28.2 Å². The van der Waals surface area contributed by atoms with E-state index in [-0.39, 0.29) is 0 Å². The molecule has 2 rings (SSSR count). The smallest absolute Gasteiger partial charge is 0.0960 e. The van der Waals surface area contributed by atoms with Gasteiger partial charge < -0.3 is 10.2 Å². The third kappa shape index (κ3) is 5.51. The second-order valence-corrected chi connectivity index (χ2v) is 6.15. The van der Waals surface area contributed by atoms with Gasteiger partial charge in [0.05, 0.1) is 5.03 Å². The highest BCUT2D eigenvalue weighted by atomic mass is 32.2. The highest BCUT2D eigenvalue weighted by Crippen LogP contribution is 2.20. The van der Waals surface area contributed by atoms with Crippen molar-refractivity contribution < 1.29 is 0 Å². The lowest BCUT2D eigenvalue weighted by atomic mass is 10.3. The highest BCUT2D eigenvalue weighted by Gasteiger charge is 2.19. The number of nitrogens with zero attached hydrogens (tertiary/aromatic N) is 2. The molecule has 0 aliphatic heterocycles. The second-order valence-electron chi connectivity index (χ2n) is 5.04. The number of pyridine rings is 1. The lowest BCUT2D eigenvalue weighted by Gasteiger charge is -2.17. The molecule has 0 amide bonds. The standard InChI is InChI=1S/C15H25N3S/c1-3-18(4-2)9-10-19-15-8-5-13(12-17-15)11-16-14-6-7-14/h5,8,12,14,16H,3-4,6-7,9-11H2,1-2H3. The first-order valence-electron chi connectivity index (χ1n) is 7.35. The predicted octanol–water partition coefficient (Wildman–Crippen LogP) is 2.77. The third-order valence-electron chi connectivity index (χ3n) is 3.52. The Morgan fingerprint density at radius 3 is 2.68 bits per heavy atom. The zero-order valence-corrected chi connectivity index (χ0v) is 12.9. The highest BCUT2D eigenvalue weighted by molar-refractivity contribution is 7.99. The molecule has 1 aliphatic rings. The molecule has 0 unspecified atom stereocenters. The molecule has 19 heavy (non-hydrogen) atoms. The van der Waals surface area contributed by atoms with E-state index >= 15 is 0 Å². The summed E-state index contributed by atoms with van der Waals surface area (Å²) in [4.78, 5) is 6.98. The molecule has 1 aromatic rings. The van der Waals surface area contributed by atoms with E-state index in [0.29, 0.717) is 0 Å². The molecule has 0 saturated heterocycles. The van der Waals surface area contributed by atoms with Crippen LogP contribution >= 0.6 is 11.8 Å². The van der Waals surface area contributed by atoms with Gasteiger partial charge in [0, 0.05) is 31.1 Å². The van der Waals surface area contributed by atoms with Crippen LogP contribution in [0.25, 0.3) is 0 Å². The number of hydrogen-bond acceptors (Lipinski definition) is 4. The van der Waals surface area contributed by atoms with Crippen molar-refractivity contribution in [2.75, 3.05) is 25.4 Å². The molecule has 1 aliphatic carbocycles. The summed E-state index contributed by atoms with van der Waals surface area (Å²) in [5, 5.41) is 4.65. The summed E-state index contributed by atoms with van der Waals surface area (Å²) in [5.41, 5.74) is 1.29. The normalized spacial score (nSPS) is 15.1. The average molecular weight is 279 g/mol. The van der Waals surface area contributed by atoms with Crippen LogP contribution in [0, 0.1) is 0 Å². The van der Waals surface area contributed by atoms with Crippen LogP contribution < -0.4 is 5.32 Å². The molecular formula is C15H25N3S. The minimum Gasteiger partial charge on any atom is -0.310 e. The molecule has 3 nitrogen and oxygen atoms in total. The first-order chi connectivity index (χ1) is 9.31. The summed E-state index contributed by atoms with van der Waals surface area (Å²) in [5.74, 6) is 1.12. The Hall–Kier alpha value is -0.580. The van der Waals surface area contributed by atoms with Gasteiger partial charge in [0.2, 0.25) is 0 Å². The fraction of sp³-hybridized carbons (Fsp3) is 0.667. The molecule has 106 valence electrons. The Morgan fingerprint density at radius 2 is 2.11 bits per heavy atom. The molecule has 0 aromatic carbocycles. The fourth-order valence-corrected chi connectivity index (χ4v) is 2.82. The van der Waals surface area contributed by atoms with Crippen LogP contribution in [0.15, 0.2) is 23.4 Å². The maximum atomic E-state index is 4.53. The van der Waals surface area contributed by atoms with E-state index in [4.69, 9.17) is 0 Å². The summed E-state index contributed by atoms with van der Waals surface area (Å²) < 4.78 is 0. The Morgan fingerprint density at radius 1 is 1.32 bits per heavy atom. The monoisotopic (exact) mass is 279 g/mol. The van der Waals surface area contributed by atoms with E-state index in [9.17, 15) is 0 Å². The molecule has 0 spiro atoms. The van der Waals surface area contributed by atoms with Crippen LogP contribution in [0.4, 0.5) is 0 Å². The molecule has 1 heterocycles. The van der Waals surface area contributed by atoms with Gasteiger partial charge >= 0.3 is 0 Å². The molecule has 1 aromatic heterocycles. The van der Waals surface area contributed by atoms with Crippen molar-refractivity contribution in [3.63, 3.8) is 0 Å². The van der Waals surface area contributed by atoms with Crippen LogP contribution in [-0.4, -0.2) is 41.3 Å². The zero-order valence-electron chi connectivity index (χ0n) is 12.1. The first kappa shape index (κ1) is 14.8. The zero-order chi connectivity index (χ0) is 13.5. The molecular weight excluding hydrogens is 254 g/mol. The Bertz CT molecular complexity index is 358. The van der Waals surface area contributed by atoms with E-state index in [0.717, 1.165) is 43.0 Å². The van der Waals surface area contributed by atoms with Crippen molar-refractivity contribution in [1.29, 1.82) is 0 Å². The molecule has 4 heteroatoms. The van der Waals surface area contributed by atoms with Crippen LogP contribution in [0.1, 0.15) is 32.3 Å². The maximum absolute atomic E-state index is 4.53. The van der Waals surface area contributed by atoms with Crippen LogP contribution in [0.5, 0.6) is 0 Å². The molecule has 1 saturated carbocycles. The second kappa shape index (κ2) is 7.88. The van der Waals surface area contributed by atoms with Gasteiger partial charge in [-0.25, -0.2) is 4.98 Å². The molecule has 0 bridgehead atoms. The lowest BCUT2D eigenvalue weighted by molar-refractivity contribution is 0.324. The average Bonchev–Trinajstić information content (AvgIpc) is 3.27. The number of hydrogen-bond donors (Lipinski definition) is 1. The fourth-order valence-electron chi connectivity index (χ4n) is 1.97.